The van der Waals surface area contributed by atoms with Gasteiger partial charge in [-0.3, -0.25) is 4.79 Å². The number of amides is 1. The quantitative estimate of drug-likeness (QED) is 0.598. The van der Waals surface area contributed by atoms with Crippen LogP contribution in [0.2, 0.25) is 0 Å². The minimum Gasteiger partial charge on any atom is -0.497 e. The van der Waals surface area contributed by atoms with Crippen LogP contribution in [0.4, 0.5) is 13.2 Å². The number of nitrogens with zero attached hydrogens (tertiary/aromatic N) is 2. The fourth-order valence-electron chi connectivity index (χ4n) is 3.07. The second-order valence-corrected chi connectivity index (χ2v) is 7.12. The van der Waals surface area contributed by atoms with Crippen LogP contribution in [0, 0.1) is 0 Å². The lowest BCUT2D eigenvalue weighted by Crippen LogP contribution is -2.34. The zero-order valence-corrected chi connectivity index (χ0v) is 17.2. The van der Waals surface area contributed by atoms with Crippen LogP contribution in [0.1, 0.15) is 27.7 Å². The molecule has 6 nitrogen and oxygen atoms in total. The standard InChI is InChI=1S/C22H22F3N3O3/c1-28(2)19(15-5-4-6-16(11-15)22(23,24)25)13-26-21(29)18-12-20(31-27-18)14-7-9-17(30-3)10-8-14/h4-12,19H,13H2,1-3H3,(H,26,29)/t19-/m0/s1. The van der Waals surface area contributed by atoms with E-state index in [0.717, 1.165) is 17.7 Å². The molecule has 1 heterocycles. The van der Waals surface area contributed by atoms with Crippen LogP contribution in [-0.4, -0.2) is 43.7 Å². The summed E-state index contributed by atoms with van der Waals surface area (Å²) >= 11 is 0. The average molecular weight is 433 g/mol. The van der Waals surface area contributed by atoms with Gasteiger partial charge >= 0.3 is 6.18 Å². The molecule has 31 heavy (non-hydrogen) atoms. The Morgan fingerprint density at radius 2 is 1.87 bits per heavy atom. The Morgan fingerprint density at radius 1 is 1.16 bits per heavy atom. The van der Waals surface area contributed by atoms with E-state index in [9.17, 15) is 18.0 Å². The van der Waals surface area contributed by atoms with E-state index in [1.807, 2.05) is 0 Å². The first-order valence-electron chi connectivity index (χ1n) is 9.42. The molecule has 0 radical (unpaired) electrons. The first-order valence-corrected chi connectivity index (χ1v) is 9.42. The van der Waals surface area contributed by atoms with E-state index in [1.165, 1.54) is 12.1 Å². The smallest absolute Gasteiger partial charge is 0.416 e. The molecule has 9 heteroatoms. The van der Waals surface area contributed by atoms with Crippen molar-refractivity contribution in [2.75, 3.05) is 27.7 Å². The van der Waals surface area contributed by atoms with Gasteiger partial charge in [-0.15, -0.1) is 0 Å². The maximum atomic E-state index is 13.0. The first kappa shape index (κ1) is 22.4. The summed E-state index contributed by atoms with van der Waals surface area (Å²) < 4.78 is 49.5. The van der Waals surface area contributed by atoms with Crippen molar-refractivity contribution in [1.82, 2.24) is 15.4 Å². The number of halogens is 3. The van der Waals surface area contributed by atoms with Gasteiger partial charge in [0.1, 0.15) is 5.75 Å². The molecule has 3 aromatic rings. The summed E-state index contributed by atoms with van der Waals surface area (Å²) in [5.74, 6) is 0.614. The van der Waals surface area contributed by atoms with Crippen LogP contribution in [-0.2, 0) is 6.18 Å². The molecule has 0 aliphatic carbocycles. The lowest BCUT2D eigenvalue weighted by molar-refractivity contribution is -0.137. The van der Waals surface area contributed by atoms with Crippen molar-refractivity contribution < 1.29 is 27.2 Å². The van der Waals surface area contributed by atoms with Gasteiger partial charge in [0.2, 0.25) is 0 Å². The summed E-state index contributed by atoms with van der Waals surface area (Å²) in [7, 11) is 5.02. The Labute approximate surface area is 177 Å². The monoisotopic (exact) mass is 433 g/mol. The van der Waals surface area contributed by atoms with E-state index in [1.54, 1.807) is 56.4 Å². The second-order valence-electron chi connectivity index (χ2n) is 7.12. The summed E-state index contributed by atoms with van der Waals surface area (Å²) in [4.78, 5) is 14.3. The number of carbonyl (C=O) groups is 1. The molecule has 0 bridgehead atoms. The third kappa shape index (κ3) is 5.43. The molecule has 164 valence electrons. The lowest BCUT2D eigenvalue weighted by atomic mass is 10.0. The van der Waals surface area contributed by atoms with Crippen LogP contribution in [0.15, 0.2) is 59.1 Å². The minimum absolute atomic E-state index is 0.0763. The Hall–Kier alpha value is -3.33. The van der Waals surface area contributed by atoms with Crippen molar-refractivity contribution in [2.45, 2.75) is 12.2 Å². The molecule has 0 aliphatic rings. The predicted molar refractivity (Wildman–Crippen MR) is 109 cm³/mol. The van der Waals surface area contributed by atoms with Gasteiger partial charge in [0, 0.05) is 18.2 Å². The molecule has 0 saturated carbocycles. The Morgan fingerprint density at radius 3 is 2.48 bits per heavy atom. The number of ether oxygens (including phenoxy) is 1. The van der Waals surface area contributed by atoms with Crippen molar-refractivity contribution >= 4 is 5.91 Å². The zero-order valence-electron chi connectivity index (χ0n) is 17.2. The molecular weight excluding hydrogens is 411 g/mol. The molecule has 1 aromatic heterocycles. The summed E-state index contributed by atoms with van der Waals surface area (Å²) in [5.41, 5.74) is 0.512. The number of hydrogen-bond donors (Lipinski definition) is 1. The Kier molecular flexibility index (Phi) is 6.65. The van der Waals surface area contributed by atoms with Gasteiger partial charge in [0.25, 0.3) is 5.91 Å². The number of alkyl halides is 3. The van der Waals surface area contributed by atoms with Gasteiger partial charge in [0.05, 0.1) is 18.7 Å². The fraction of sp³-hybridized carbons (Fsp3) is 0.273. The second kappa shape index (κ2) is 9.22. The first-order chi connectivity index (χ1) is 14.7. The number of hydrogen-bond acceptors (Lipinski definition) is 5. The van der Waals surface area contributed by atoms with E-state index in [4.69, 9.17) is 9.26 Å². The maximum Gasteiger partial charge on any atom is 0.416 e. The number of aromatic nitrogens is 1. The third-order valence-corrected chi connectivity index (χ3v) is 4.80. The van der Waals surface area contributed by atoms with Crippen LogP contribution in [0.25, 0.3) is 11.3 Å². The molecule has 1 amide bonds. The zero-order chi connectivity index (χ0) is 22.6. The highest BCUT2D eigenvalue weighted by molar-refractivity contribution is 5.93. The van der Waals surface area contributed by atoms with E-state index in [2.05, 4.69) is 10.5 Å². The number of nitrogens with one attached hydrogen (secondary N) is 1. The van der Waals surface area contributed by atoms with Crippen molar-refractivity contribution in [3.8, 4) is 17.1 Å². The largest absolute Gasteiger partial charge is 0.497 e. The molecule has 1 atom stereocenters. The van der Waals surface area contributed by atoms with Gasteiger partial charge in [-0.2, -0.15) is 13.2 Å². The molecule has 2 aromatic carbocycles. The van der Waals surface area contributed by atoms with Gasteiger partial charge in [-0.25, -0.2) is 0 Å². The van der Waals surface area contributed by atoms with Gasteiger partial charge in [-0.05, 0) is 56.1 Å². The summed E-state index contributed by atoms with van der Waals surface area (Å²) in [5, 5.41) is 6.51. The van der Waals surface area contributed by atoms with Crippen LogP contribution >= 0.6 is 0 Å². The van der Waals surface area contributed by atoms with Crippen molar-refractivity contribution in [1.29, 1.82) is 0 Å². The van der Waals surface area contributed by atoms with Gasteiger partial charge < -0.3 is 19.5 Å². The summed E-state index contributed by atoms with van der Waals surface area (Å²) in [6, 6.07) is 13.2. The molecule has 0 spiro atoms. The van der Waals surface area contributed by atoms with E-state index in [-0.39, 0.29) is 12.2 Å². The molecule has 3 rings (SSSR count). The molecule has 1 N–H and O–H groups in total. The van der Waals surface area contributed by atoms with Gasteiger partial charge in [0.15, 0.2) is 11.5 Å². The van der Waals surface area contributed by atoms with Crippen molar-refractivity contribution in [3.05, 3.63) is 71.4 Å². The van der Waals surface area contributed by atoms with Crippen LogP contribution in [0.3, 0.4) is 0 Å². The number of carbonyl (C=O) groups excluding carboxylic acids is 1. The van der Waals surface area contributed by atoms with E-state index < -0.39 is 23.7 Å². The number of methoxy groups -OCH3 is 1. The Balaban J connectivity index is 1.70. The third-order valence-electron chi connectivity index (χ3n) is 4.80. The molecule has 0 fully saturated rings. The highest BCUT2D eigenvalue weighted by Gasteiger charge is 2.31. The molecule has 0 unspecified atom stereocenters. The highest BCUT2D eigenvalue weighted by Crippen LogP contribution is 2.31. The van der Waals surface area contributed by atoms with E-state index in [0.29, 0.717) is 17.1 Å². The van der Waals surface area contributed by atoms with Crippen molar-refractivity contribution in [3.63, 3.8) is 0 Å². The lowest BCUT2D eigenvalue weighted by Gasteiger charge is -2.25. The van der Waals surface area contributed by atoms with Gasteiger partial charge in [-0.1, -0.05) is 17.3 Å². The van der Waals surface area contributed by atoms with Crippen LogP contribution < -0.4 is 10.1 Å². The van der Waals surface area contributed by atoms with E-state index >= 15 is 0 Å². The molecule has 0 saturated heterocycles. The SMILES string of the molecule is COc1ccc(-c2cc(C(=O)NC[C@@H](c3cccc(C(F)(F)F)c3)N(C)C)no2)cc1. The average Bonchev–Trinajstić information content (AvgIpc) is 3.23. The highest BCUT2D eigenvalue weighted by atomic mass is 19.4. The molecule has 0 aliphatic heterocycles. The minimum atomic E-state index is -4.44. The van der Waals surface area contributed by atoms with Crippen LogP contribution in [0.5, 0.6) is 5.75 Å². The number of rotatable bonds is 7. The fourth-order valence-corrected chi connectivity index (χ4v) is 3.07. The number of benzene rings is 2. The Bertz CT molecular complexity index is 1030. The normalized spacial score (nSPS) is 12.6. The summed E-state index contributed by atoms with van der Waals surface area (Å²) in [6.45, 7) is 0.0951. The topological polar surface area (TPSA) is 67.6 Å². The number of likely N-dealkylation sites (N-methyl/N-ethyl adjacent to an activating group) is 1. The predicted octanol–water partition coefficient (Wildman–Crippen LogP) is 4.40. The maximum absolute atomic E-state index is 13.0. The van der Waals surface area contributed by atoms with Crippen molar-refractivity contribution in [2.24, 2.45) is 0 Å². The summed E-state index contributed by atoms with van der Waals surface area (Å²) in [6.07, 6.45) is -4.44. The molecular formula is C22H22F3N3O3.